The Bertz CT molecular complexity index is 803. The van der Waals surface area contributed by atoms with Crippen LogP contribution in [-0.2, 0) is 14.8 Å². The topological polar surface area (TPSA) is 84.9 Å². The molecule has 0 bridgehead atoms. The molecule has 1 atom stereocenters. The first-order valence-electron chi connectivity index (χ1n) is 10.6. The summed E-state index contributed by atoms with van der Waals surface area (Å²) in [5, 5.41) is 3.14. The van der Waals surface area contributed by atoms with Crippen LogP contribution in [0, 0.1) is 5.92 Å². The highest BCUT2D eigenvalue weighted by molar-refractivity contribution is 7.89. The highest BCUT2D eigenvalue weighted by Gasteiger charge is 2.31. The number of carbonyl (C=O) groups excluding carboxylic acids is 1. The Morgan fingerprint density at radius 1 is 1.17 bits per heavy atom. The van der Waals surface area contributed by atoms with Crippen LogP contribution >= 0.6 is 0 Å². The molecule has 2 aliphatic heterocycles. The fourth-order valence-electron chi connectivity index (χ4n) is 3.84. The molecule has 162 valence electrons. The molecule has 0 aromatic heterocycles. The average molecular weight is 425 g/mol. The summed E-state index contributed by atoms with van der Waals surface area (Å²) in [5.41, 5.74) is 0.990. The van der Waals surface area contributed by atoms with Gasteiger partial charge in [0, 0.05) is 19.0 Å². The number of nitrogens with one attached hydrogen (secondary N) is 1. The Morgan fingerprint density at radius 2 is 1.86 bits per heavy atom. The number of carbonyl (C=O) groups is 1. The van der Waals surface area contributed by atoms with E-state index >= 15 is 0 Å². The first-order valence-corrected chi connectivity index (χ1v) is 12.2. The van der Waals surface area contributed by atoms with Crippen LogP contribution in [0.3, 0.4) is 0 Å². The van der Waals surface area contributed by atoms with Gasteiger partial charge in [0.05, 0.1) is 11.8 Å². The average Bonchev–Trinajstić information content (AvgIpc) is 2.75. The van der Waals surface area contributed by atoms with Gasteiger partial charge in [-0.05, 0) is 43.4 Å². The molecule has 1 aromatic rings. The lowest BCUT2D eigenvalue weighted by molar-refractivity contribution is -0.126. The third-order valence-electron chi connectivity index (χ3n) is 5.67. The second-order valence-corrected chi connectivity index (χ2v) is 9.80. The zero-order valence-electron chi connectivity index (χ0n) is 17.4. The maximum atomic E-state index is 12.8. The summed E-state index contributed by atoms with van der Waals surface area (Å²) in [7, 11) is -3.20. The maximum absolute atomic E-state index is 12.8. The van der Waals surface area contributed by atoms with Crippen molar-refractivity contribution < 1.29 is 22.7 Å². The summed E-state index contributed by atoms with van der Waals surface area (Å²) < 4.78 is 37.5. The Labute approximate surface area is 173 Å². The lowest BCUT2D eigenvalue weighted by Crippen LogP contribution is -2.44. The van der Waals surface area contributed by atoms with Crippen LogP contribution in [0.5, 0.6) is 11.5 Å². The van der Waals surface area contributed by atoms with E-state index in [1.54, 1.807) is 4.31 Å². The van der Waals surface area contributed by atoms with Crippen molar-refractivity contribution in [2.24, 2.45) is 5.92 Å². The number of sulfonamides is 1. The Hall–Kier alpha value is -1.80. The number of amides is 1. The van der Waals surface area contributed by atoms with Gasteiger partial charge in [-0.2, -0.15) is 0 Å². The van der Waals surface area contributed by atoms with Crippen molar-refractivity contribution in [3.63, 3.8) is 0 Å². The molecule has 1 saturated heterocycles. The third kappa shape index (κ3) is 5.42. The van der Waals surface area contributed by atoms with Gasteiger partial charge in [-0.25, -0.2) is 12.7 Å². The van der Waals surface area contributed by atoms with Crippen LogP contribution in [0.2, 0.25) is 0 Å². The van der Waals surface area contributed by atoms with Crippen LogP contribution in [-0.4, -0.2) is 50.7 Å². The van der Waals surface area contributed by atoms with E-state index < -0.39 is 10.0 Å². The molecule has 1 amide bonds. The van der Waals surface area contributed by atoms with Crippen molar-refractivity contribution >= 4 is 15.9 Å². The number of nitrogens with zero attached hydrogens (tertiary/aromatic N) is 1. The molecular weight excluding hydrogens is 392 g/mol. The monoisotopic (exact) mass is 424 g/mol. The minimum Gasteiger partial charge on any atom is -0.486 e. The molecule has 8 heteroatoms. The molecule has 1 N–H and O–H groups in total. The van der Waals surface area contributed by atoms with Crippen molar-refractivity contribution in [1.29, 1.82) is 0 Å². The van der Waals surface area contributed by atoms with E-state index in [4.69, 9.17) is 9.47 Å². The second kappa shape index (κ2) is 9.80. The van der Waals surface area contributed by atoms with Gasteiger partial charge < -0.3 is 14.8 Å². The molecule has 2 heterocycles. The lowest BCUT2D eigenvalue weighted by atomic mass is 9.95. The quantitative estimate of drug-likeness (QED) is 0.694. The summed E-state index contributed by atoms with van der Waals surface area (Å²) in [4.78, 5) is 12.8. The molecular formula is C21H32N2O5S. The van der Waals surface area contributed by atoms with Crippen molar-refractivity contribution in [2.75, 3.05) is 32.1 Å². The number of fused-ring (bicyclic) bond motifs is 1. The molecule has 0 aliphatic carbocycles. The smallest absolute Gasteiger partial charge is 0.223 e. The molecule has 1 fully saturated rings. The zero-order valence-corrected chi connectivity index (χ0v) is 18.2. The molecule has 0 radical (unpaired) electrons. The van der Waals surface area contributed by atoms with E-state index in [9.17, 15) is 13.2 Å². The van der Waals surface area contributed by atoms with E-state index in [-0.39, 0.29) is 23.6 Å². The van der Waals surface area contributed by atoms with Crippen LogP contribution in [0.1, 0.15) is 57.6 Å². The van der Waals surface area contributed by atoms with E-state index in [1.807, 2.05) is 32.0 Å². The maximum Gasteiger partial charge on any atom is 0.223 e. The van der Waals surface area contributed by atoms with Gasteiger partial charge in [-0.1, -0.05) is 26.3 Å². The van der Waals surface area contributed by atoms with E-state index in [0.717, 1.165) is 24.2 Å². The first kappa shape index (κ1) is 21.9. The molecule has 29 heavy (non-hydrogen) atoms. The number of unbranched alkanes of at least 4 members (excludes halogenated alkanes) is 1. The molecule has 0 spiro atoms. The van der Waals surface area contributed by atoms with Crippen molar-refractivity contribution in [3.05, 3.63) is 23.8 Å². The van der Waals surface area contributed by atoms with Crippen molar-refractivity contribution in [1.82, 2.24) is 9.62 Å². The van der Waals surface area contributed by atoms with Crippen LogP contribution in [0.15, 0.2) is 18.2 Å². The van der Waals surface area contributed by atoms with Crippen LogP contribution < -0.4 is 14.8 Å². The molecule has 0 saturated carbocycles. The van der Waals surface area contributed by atoms with Gasteiger partial charge in [0.2, 0.25) is 15.9 Å². The van der Waals surface area contributed by atoms with E-state index in [2.05, 4.69) is 5.32 Å². The van der Waals surface area contributed by atoms with Gasteiger partial charge in [-0.15, -0.1) is 0 Å². The van der Waals surface area contributed by atoms with Gasteiger partial charge >= 0.3 is 0 Å². The molecule has 3 rings (SSSR count). The van der Waals surface area contributed by atoms with Crippen molar-refractivity contribution in [2.45, 2.75) is 52.0 Å². The van der Waals surface area contributed by atoms with E-state index in [0.29, 0.717) is 51.3 Å². The van der Waals surface area contributed by atoms with Crippen molar-refractivity contribution in [3.8, 4) is 11.5 Å². The van der Waals surface area contributed by atoms with Gasteiger partial charge in [-0.3, -0.25) is 4.79 Å². The molecule has 2 aliphatic rings. The van der Waals surface area contributed by atoms with Crippen LogP contribution in [0.4, 0.5) is 0 Å². The number of rotatable bonds is 8. The van der Waals surface area contributed by atoms with Gasteiger partial charge in [0.1, 0.15) is 13.2 Å². The summed E-state index contributed by atoms with van der Waals surface area (Å²) >= 11 is 0. The number of hydrogen-bond acceptors (Lipinski definition) is 5. The molecule has 1 unspecified atom stereocenters. The lowest BCUT2D eigenvalue weighted by Gasteiger charge is -2.31. The number of ether oxygens (including phenoxy) is 2. The predicted octanol–water partition coefficient (Wildman–Crippen LogP) is 2.87. The number of piperidine rings is 1. The number of hydrogen-bond donors (Lipinski definition) is 1. The predicted molar refractivity (Wildman–Crippen MR) is 112 cm³/mol. The normalized spacial score (nSPS) is 19.0. The largest absolute Gasteiger partial charge is 0.486 e. The zero-order chi connectivity index (χ0) is 20.9. The summed E-state index contributed by atoms with van der Waals surface area (Å²) in [6.45, 7) is 5.94. The molecule has 1 aromatic carbocycles. The Balaban J connectivity index is 1.57. The highest BCUT2D eigenvalue weighted by atomic mass is 32.2. The fraction of sp³-hybridized carbons (Fsp3) is 0.667. The third-order valence-corrected chi connectivity index (χ3v) is 7.62. The van der Waals surface area contributed by atoms with E-state index in [1.165, 1.54) is 0 Å². The second-order valence-electron chi connectivity index (χ2n) is 7.72. The fourth-order valence-corrected chi connectivity index (χ4v) is 5.52. The standard InChI is InChI=1S/C21H32N2O5S/c1-3-5-14-29(25,26)23-10-8-16(9-11-23)21(24)22-18(4-2)17-6-7-19-20(15-17)28-13-12-27-19/h6-7,15-16,18H,3-5,8-14H2,1-2H3,(H,22,24). The minimum absolute atomic E-state index is 0.00246. The SMILES string of the molecule is CCCCS(=O)(=O)N1CCC(C(=O)NC(CC)c2ccc3c(c2)OCCO3)CC1. The highest BCUT2D eigenvalue weighted by Crippen LogP contribution is 2.33. The Kier molecular flexibility index (Phi) is 7.40. The van der Waals surface area contributed by atoms with Crippen LogP contribution in [0.25, 0.3) is 0 Å². The Morgan fingerprint density at radius 3 is 2.52 bits per heavy atom. The minimum atomic E-state index is -3.20. The summed E-state index contributed by atoms with van der Waals surface area (Å²) in [5.74, 6) is 1.49. The summed E-state index contributed by atoms with van der Waals surface area (Å²) in [6.07, 6.45) is 3.42. The molecule has 7 nitrogen and oxygen atoms in total. The van der Waals surface area contributed by atoms with Gasteiger partial charge in [0.25, 0.3) is 0 Å². The van der Waals surface area contributed by atoms with Gasteiger partial charge in [0.15, 0.2) is 11.5 Å². The first-order chi connectivity index (χ1) is 13.9. The summed E-state index contributed by atoms with van der Waals surface area (Å²) in [6, 6.07) is 5.68. The number of benzene rings is 1.